The molecule has 0 radical (unpaired) electrons. The zero-order chi connectivity index (χ0) is 27.1. The van der Waals surface area contributed by atoms with Crippen molar-refractivity contribution in [1.82, 2.24) is 9.55 Å². The van der Waals surface area contributed by atoms with E-state index in [2.05, 4.69) is 4.98 Å². The van der Waals surface area contributed by atoms with Gasteiger partial charge >= 0.3 is 12.1 Å². The smallest absolute Gasteiger partial charge is 0.416 e. The zero-order valence-corrected chi connectivity index (χ0v) is 20.8. The summed E-state index contributed by atoms with van der Waals surface area (Å²) in [5, 5.41) is 8.69. The van der Waals surface area contributed by atoms with Crippen LogP contribution in [0.25, 0.3) is 34.5 Å². The molecule has 0 amide bonds. The lowest BCUT2D eigenvalue weighted by molar-refractivity contribution is -0.138. The Hall–Kier alpha value is -4.33. The normalized spacial score (nSPS) is 11.7. The summed E-state index contributed by atoms with van der Waals surface area (Å²) >= 11 is 0. The first-order chi connectivity index (χ1) is 18.2. The summed E-state index contributed by atoms with van der Waals surface area (Å²) in [6.07, 6.45) is 1.85. The average Bonchev–Trinajstić information content (AvgIpc) is 3.33. The van der Waals surface area contributed by atoms with Crippen LogP contribution in [-0.2, 0) is 17.5 Å². The van der Waals surface area contributed by atoms with Gasteiger partial charge in [0.1, 0.15) is 11.6 Å². The molecule has 4 aromatic rings. The molecule has 3 aromatic carbocycles. The summed E-state index contributed by atoms with van der Waals surface area (Å²) in [5.74, 6) is 0.576. The SMILES string of the molecule is CCn1cc(-c2ccc(C(F)(F)F)cc2)nc1/C=C/c1ccc(-c2ccc(OCCCC(=O)O)cc2)cc1. The van der Waals surface area contributed by atoms with Gasteiger partial charge in [-0.25, -0.2) is 4.98 Å². The molecule has 0 saturated heterocycles. The lowest BCUT2D eigenvalue weighted by atomic mass is 10.0. The number of carbonyl (C=O) groups is 1. The van der Waals surface area contributed by atoms with Crippen molar-refractivity contribution in [2.45, 2.75) is 32.5 Å². The molecule has 0 spiro atoms. The number of carboxylic acid groups (broad SMARTS) is 1. The Labute approximate surface area is 218 Å². The number of ether oxygens (including phenoxy) is 1. The van der Waals surface area contributed by atoms with Gasteiger partial charge in [0.05, 0.1) is 17.9 Å². The highest BCUT2D eigenvalue weighted by molar-refractivity contribution is 5.72. The summed E-state index contributed by atoms with van der Waals surface area (Å²) in [6, 6.07) is 20.7. The van der Waals surface area contributed by atoms with Crippen molar-refractivity contribution in [2.24, 2.45) is 0 Å². The average molecular weight is 521 g/mol. The molecule has 4 rings (SSSR count). The third kappa shape index (κ3) is 6.91. The number of aliphatic carboxylic acids is 1. The number of aromatic nitrogens is 2. The van der Waals surface area contributed by atoms with Gasteiger partial charge in [0.25, 0.3) is 0 Å². The third-order valence-corrected chi connectivity index (χ3v) is 5.98. The molecule has 38 heavy (non-hydrogen) atoms. The number of hydrogen-bond donors (Lipinski definition) is 1. The van der Waals surface area contributed by atoms with E-state index in [0.29, 0.717) is 42.4 Å². The molecule has 1 N–H and O–H groups in total. The highest BCUT2D eigenvalue weighted by Crippen LogP contribution is 2.31. The first-order valence-electron chi connectivity index (χ1n) is 12.2. The van der Waals surface area contributed by atoms with Gasteiger partial charge < -0.3 is 14.4 Å². The van der Waals surface area contributed by atoms with E-state index in [0.717, 1.165) is 28.8 Å². The van der Waals surface area contributed by atoms with E-state index in [-0.39, 0.29) is 6.42 Å². The molecule has 196 valence electrons. The van der Waals surface area contributed by atoms with Crippen molar-refractivity contribution in [2.75, 3.05) is 6.61 Å². The predicted molar refractivity (Wildman–Crippen MR) is 142 cm³/mol. The molecular weight excluding hydrogens is 493 g/mol. The Morgan fingerprint density at radius 3 is 2.11 bits per heavy atom. The highest BCUT2D eigenvalue weighted by Gasteiger charge is 2.30. The Bertz CT molecular complexity index is 1390. The van der Waals surface area contributed by atoms with Gasteiger partial charge in [0.15, 0.2) is 0 Å². The van der Waals surface area contributed by atoms with Gasteiger partial charge in [-0.1, -0.05) is 54.6 Å². The molecule has 0 bridgehead atoms. The molecule has 8 heteroatoms. The number of aryl methyl sites for hydroxylation is 1. The van der Waals surface area contributed by atoms with Gasteiger partial charge in [-0.05, 0) is 60.4 Å². The van der Waals surface area contributed by atoms with Crippen LogP contribution in [0.1, 0.15) is 36.7 Å². The van der Waals surface area contributed by atoms with Crippen LogP contribution in [0.3, 0.4) is 0 Å². The van der Waals surface area contributed by atoms with Crippen LogP contribution in [0.2, 0.25) is 0 Å². The maximum Gasteiger partial charge on any atom is 0.416 e. The maximum atomic E-state index is 12.9. The van der Waals surface area contributed by atoms with Gasteiger partial charge in [-0.2, -0.15) is 13.2 Å². The predicted octanol–water partition coefficient (Wildman–Crippen LogP) is 7.67. The van der Waals surface area contributed by atoms with Crippen LogP contribution in [0.15, 0.2) is 79.0 Å². The van der Waals surface area contributed by atoms with Crippen molar-refractivity contribution in [3.05, 3.63) is 95.9 Å². The number of rotatable bonds is 10. The maximum absolute atomic E-state index is 12.9. The quantitative estimate of drug-likeness (QED) is 0.218. The lowest BCUT2D eigenvalue weighted by Gasteiger charge is -2.07. The van der Waals surface area contributed by atoms with Gasteiger partial charge in [0, 0.05) is 24.7 Å². The third-order valence-electron chi connectivity index (χ3n) is 5.98. The van der Waals surface area contributed by atoms with E-state index in [4.69, 9.17) is 9.84 Å². The summed E-state index contributed by atoms with van der Waals surface area (Å²) in [6.45, 7) is 3.01. The molecule has 5 nitrogen and oxygen atoms in total. The number of nitrogens with zero attached hydrogens (tertiary/aromatic N) is 2. The molecule has 0 aliphatic heterocycles. The molecule has 0 saturated carbocycles. The van der Waals surface area contributed by atoms with Gasteiger partial charge in [-0.3, -0.25) is 4.79 Å². The number of hydrogen-bond acceptors (Lipinski definition) is 3. The van der Waals surface area contributed by atoms with Crippen molar-refractivity contribution in [3.63, 3.8) is 0 Å². The fraction of sp³-hybridized carbons (Fsp3) is 0.200. The topological polar surface area (TPSA) is 64.4 Å². The number of alkyl halides is 3. The Balaban J connectivity index is 1.41. The second-order valence-corrected chi connectivity index (χ2v) is 8.67. The first kappa shape index (κ1) is 26.7. The minimum atomic E-state index is -4.37. The van der Waals surface area contributed by atoms with Crippen molar-refractivity contribution in [3.8, 4) is 28.1 Å². The van der Waals surface area contributed by atoms with Gasteiger partial charge in [0.2, 0.25) is 0 Å². The second-order valence-electron chi connectivity index (χ2n) is 8.67. The van der Waals surface area contributed by atoms with E-state index in [1.54, 1.807) is 0 Å². The molecular formula is C30H27F3N2O3. The van der Waals surface area contributed by atoms with Crippen molar-refractivity contribution < 1.29 is 27.8 Å². The highest BCUT2D eigenvalue weighted by atomic mass is 19.4. The Kier molecular flexibility index (Phi) is 8.31. The summed E-state index contributed by atoms with van der Waals surface area (Å²) in [7, 11) is 0. The fourth-order valence-electron chi connectivity index (χ4n) is 3.90. The van der Waals surface area contributed by atoms with E-state index in [9.17, 15) is 18.0 Å². The van der Waals surface area contributed by atoms with Crippen LogP contribution in [-0.4, -0.2) is 27.2 Å². The standard InChI is InChI=1S/C30H27F3N2O3/c1-2-35-20-27(24-10-14-25(15-11-24)30(31,32)33)34-28(35)18-7-21-5-8-22(9-6-21)23-12-16-26(17-13-23)38-19-3-4-29(36)37/h5-18,20H,2-4,19H2,1H3,(H,36,37)/b18-7+. The molecule has 0 aliphatic carbocycles. The van der Waals surface area contributed by atoms with Crippen LogP contribution in [0.5, 0.6) is 5.75 Å². The minimum absolute atomic E-state index is 0.0829. The van der Waals surface area contributed by atoms with E-state index in [1.807, 2.05) is 78.4 Å². The number of benzene rings is 3. The van der Waals surface area contributed by atoms with Crippen LogP contribution >= 0.6 is 0 Å². The van der Waals surface area contributed by atoms with Gasteiger partial charge in [-0.15, -0.1) is 0 Å². The van der Waals surface area contributed by atoms with Crippen LogP contribution < -0.4 is 4.74 Å². The van der Waals surface area contributed by atoms with Crippen LogP contribution in [0, 0.1) is 0 Å². The van der Waals surface area contributed by atoms with Crippen LogP contribution in [0.4, 0.5) is 13.2 Å². The minimum Gasteiger partial charge on any atom is -0.494 e. The molecule has 1 aromatic heterocycles. The largest absolute Gasteiger partial charge is 0.494 e. The van der Waals surface area contributed by atoms with E-state index < -0.39 is 17.7 Å². The van der Waals surface area contributed by atoms with E-state index >= 15 is 0 Å². The number of carboxylic acids is 1. The summed E-state index contributed by atoms with van der Waals surface area (Å²) < 4.78 is 46.1. The Morgan fingerprint density at radius 1 is 0.921 bits per heavy atom. The fourth-order valence-corrected chi connectivity index (χ4v) is 3.90. The zero-order valence-electron chi connectivity index (χ0n) is 20.8. The molecule has 0 aliphatic rings. The molecule has 0 unspecified atom stereocenters. The number of imidazole rings is 1. The summed E-state index contributed by atoms with van der Waals surface area (Å²) in [4.78, 5) is 15.2. The number of halogens is 3. The second kappa shape index (κ2) is 11.8. The molecule has 0 atom stereocenters. The first-order valence-corrected chi connectivity index (χ1v) is 12.2. The lowest BCUT2D eigenvalue weighted by Crippen LogP contribution is -2.03. The Morgan fingerprint density at radius 2 is 1.53 bits per heavy atom. The molecule has 0 fully saturated rings. The van der Waals surface area contributed by atoms with Crippen molar-refractivity contribution in [1.29, 1.82) is 0 Å². The van der Waals surface area contributed by atoms with Crippen molar-refractivity contribution >= 4 is 18.1 Å². The monoisotopic (exact) mass is 520 g/mol. The molecule has 1 heterocycles. The summed E-state index contributed by atoms with van der Waals surface area (Å²) in [5.41, 5.74) is 3.61. The van der Waals surface area contributed by atoms with E-state index in [1.165, 1.54) is 12.1 Å².